The number of likely N-dealkylation sites (tertiary alicyclic amines) is 1. The van der Waals surface area contributed by atoms with Crippen molar-refractivity contribution in [2.24, 2.45) is 17.3 Å². The maximum atomic E-state index is 13.2. The van der Waals surface area contributed by atoms with Crippen molar-refractivity contribution in [3.63, 3.8) is 0 Å². The van der Waals surface area contributed by atoms with E-state index in [1.165, 1.54) is 18.0 Å². The highest BCUT2D eigenvalue weighted by atomic mass is 28.3. The van der Waals surface area contributed by atoms with Crippen LogP contribution in [0, 0.1) is 17.3 Å². The summed E-state index contributed by atoms with van der Waals surface area (Å²) in [6, 6.07) is -0.749. The van der Waals surface area contributed by atoms with Crippen LogP contribution in [-0.4, -0.2) is 82.8 Å². The Morgan fingerprint density at radius 2 is 1.97 bits per heavy atom. The molecule has 2 heterocycles. The number of ether oxygens (including phenoxy) is 2. The Morgan fingerprint density at radius 1 is 1.30 bits per heavy atom. The molecule has 0 radical (unpaired) electrons. The predicted octanol–water partition coefficient (Wildman–Crippen LogP) is 2.79. The van der Waals surface area contributed by atoms with Crippen LogP contribution in [0.25, 0.3) is 0 Å². The van der Waals surface area contributed by atoms with Crippen LogP contribution in [0.2, 0.25) is 13.1 Å². The number of allylic oxidation sites excluding steroid dienone is 1. The highest BCUT2D eigenvalue weighted by molar-refractivity contribution is 6.48. The number of carbonyl (C=O) groups excluding carboxylic acids is 4. The molecule has 0 unspecified atom stereocenters. The maximum Gasteiger partial charge on any atom is 0.410 e. The topological polar surface area (TPSA) is 123 Å². The Labute approximate surface area is 221 Å². The van der Waals surface area contributed by atoms with Gasteiger partial charge in [-0.2, -0.15) is 0 Å². The third-order valence-corrected chi connectivity index (χ3v) is 7.71. The van der Waals surface area contributed by atoms with E-state index in [0.717, 1.165) is 0 Å². The van der Waals surface area contributed by atoms with Gasteiger partial charge in [0, 0.05) is 32.5 Å². The van der Waals surface area contributed by atoms with Gasteiger partial charge in [0.25, 0.3) is 0 Å². The van der Waals surface area contributed by atoms with Gasteiger partial charge in [-0.25, -0.2) is 9.59 Å². The summed E-state index contributed by atoms with van der Waals surface area (Å²) in [7, 11) is 0.199. The van der Waals surface area contributed by atoms with Gasteiger partial charge in [-0.15, -0.1) is 0 Å². The molecule has 0 aromatic rings. The van der Waals surface area contributed by atoms with Gasteiger partial charge in [0.05, 0.1) is 18.5 Å². The maximum absolute atomic E-state index is 13.2. The molecule has 5 atom stereocenters. The number of nitrogens with one attached hydrogen (secondary N) is 2. The fraction of sp³-hybridized carbons (Fsp3) is 0.692. The molecule has 2 fully saturated rings. The van der Waals surface area contributed by atoms with Crippen molar-refractivity contribution in [2.45, 2.75) is 71.8 Å². The van der Waals surface area contributed by atoms with E-state index in [1.807, 2.05) is 0 Å². The molecule has 0 aromatic carbocycles. The molecule has 37 heavy (non-hydrogen) atoms. The second-order valence-corrected chi connectivity index (χ2v) is 13.5. The van der Waals surface area contributed by atoms with Crippen LogP contribution in [0.1, 0.15) is 40.5 Å². The number of alkyl carbamates (subject to hydrolysis) is 1. The Hall–Kier alpha value is -2.66. The third kappa shape index (κ3) is 8.42. The standard InChI is InChI=1S/C26H43N3O7Si/c1-9-10-34-25(33)29-14-18(36-24(32)27-6)12-17(29)11-16(2)21(30)13-20-22(23(31)28-20)19(26(3,4)5)15-35-37(7)8/h9,11,17-20,22,37H,1,10,12-15H2,2-8H3,(H,27,32)(H,28,31)/t17-,18-,19-,20-,22+/m1/s1. The molecule has 0 aliphatic carbocycles. The van der Waals surface area contributed by atoms with E-state index in [2.05, 4.69) is 51.1 Å². The van der Waals surface area contributed by atoms with Crippen LogP contribution in [0.15, 0.2) is 24.3 Å². The summed E-state index contributed by atoms with van der Waals surface area (Å²) in [4.78, 5) is 51.5. The molecule has 0 aromatic heterocycles. The molecule has 208 valence electrons. The molecule has 2 aliphatic heterocycles. The Balaban J connectivity index is 2.14. The first-order valence-corrected chi connectivity index (χ1v) is 15.6. The predicted molar refractivity (Wildman–Crippen MR) is 143 cm³/mol. The molecule has 2 aliphatic rings. The number of Topliss-reactive ketones (excluding diaryl/α,β-unsaturated/α-hetero) is 1. The van der Waals surface area contributed by atoms with Crippen LogP contribution in [0.5, 0.6) is 0 Å². The summed E-state index contributed by atoms with van der Waals surface area (Å²) in [6.07, 6.45) is 1.99. The van der Waals surface area contributed by atoms with Gasteiger partial charge in [0.2, 0.25) is 5.91 Å². The minimum atomic E-state index is -1.26. The summed E-state index contributed by atoms with van der Waals surface area (Å²) < 4.78 is 16.5. The van der Waals surface area contributed by atoms with E-state index in [4.69, 9.17) is 13.9 Å². The number of amides is 3. The van der Waals surface area contributed by atoms with Crippen molar-refractivity contribution >= 4 is 32.9 Å². The van der Waals surface area contributed by atoms with E-state index in [9.17, 15) is 19.2 Å². The number of hydrogen-bond donors (Lipinski definition) is 2. The molecule has 2 N–H and O–H groups in total. The molecule has 2 saturated heterocycles. The van der Waals surface area contributed by atoms with Crippen LogP contribution >= 0.6 is 0 Å². The molecule has 0 saturated carbocycles. The number of ketones is 1. The van der Waals surface area contributed by atoms with Crippen molar-refractivity contribution in [1.29, 1.82) is 0 Å². The molecule has 0 bridgehead atoms. The Kier molecular flexibility index (Phi) is 10.9. The van der Waals surface area contributed by atoms with Gasteiger partial charge in [0.1, 0.15) is 12.7 Å². The number of hydrogen-bond acceptors (Lipinski definition) is 7. The van der Waals surface area contributed by atoms with Crippen LogP contribution in [-0.2, 0) is 23.5 Å². The van der Waals surface area contributed by atoms with E-state index < -0.39 is 33.4 Å². The lowest BCUT2D eigenvalue weighted by atomic mass is 9.66. The summed E-state index contributed by atoms with van der Waals surface area (Å²) in [5.74, 6) is -0.469. The lowest BCUT2D eigenvalue weighted by Crippen LogP contribution is -2.63. The number of β-lactam (4-membered cyclic amide) rings is 1. The van der Waals surface area contributed by atoms with Crippen molar-refractivity contribution < 1.29 is 33.1 Å². The van der Waals surface area contributed by atoms with E-state index in [-0.39, 0.29) is 54.6 Å². The lowest BCUT2D eigenvalue weighted by molar-refractivity contribution is -0.143. The van der Waals surface area contributed by atoms with Crippen LogP contribution in [0.3, 0.4) is 0 Å². The average Bonchev–Trinajstić information content (AvgIpc) is 3.20. The molecule has 0 spiro atoms. The van der Waals surface area contributed by atoms with Crippen molar-refractivity contribution in [3.05, 3.63) is 24.3 Å². The smallest absolute Gasteiger partial charge is 0.410 e. The molecular formula is C26H43N3O7Si. The minimum absolute atomic E-state index is 0.00851. The highest BCUT2D eigenvalue weighted by Gasteiger charge is 2.49. The zero-order chi connectivity index (χ0) is 27.9. The summed E-state index contributed by atoms with van der Waals surface area (Å²) >= 11 is 0. The Bertz CT molecular complexity index is 899. The van der Waals surface area contributed by atoms with Gasteiger partial charge in [-0.3, -0.25) is 14.5 Å². The normalized spacial score (nSPS) is 24.7. The van der Waals surface area contributed by atoms with Crippen molar-refractivity contribution in [3.8, 4) is 0 Å². The van der Waals surface area contributed by atoms with Gasteiger partial charge < -0.3 is 24.5 Å². The first kappa shape index (κ1) is 30.6. The van der Waals surface area contributed by atoms with Gasteiger partial charge in [-0.05, 0) is 36.9 Å². The van der Waals surface area contributed by atoms with Gasteiger partial charge in [0.15, 0.2) is 14.8 Å². The fourth-order valence-electron chi connectivity index (χ4n) is 4.73. The van der Waals surface area contributed by atoms with E-state index in [1.54, 1.807) is 13.0 Å². The summed E-state index contributed by atoms with van der Waals surface area (Å²) in [5, 5.41) is 5.31. The molecule has 10 nitrogen and oxygen atoms in total. The summed E-state index contributed by atoms with van der Waals surface area (Å²) in [6.45, 7) is 16.4. The second kappa shape index (κ2) is 13.2. The summed E-state index contributed by atoms with van der Waals surface area (Å²) in [5.41, 5.74) is 0.318. The third-order valence-electron chi connectivity index (χ3n) is 6.85. The van der Waals surface area contributed by atoms with Crippen molar-refractivity contribution in [2.75, 3.05) is 26.8 Å². The Morgan fingerprint density at radius 3 is 2.51 bits per heavy atom. The van der Waals surface area contributed by atoms with Crippen LogP contribution in [0.4, 0.5) is 9.59 Å². The number of rotatable bonds is 11. The molecule has 2 rings (SSSR count). The first-order chi connectivity index (χ1) is 17.3. The number of carbonyl (C=O) groups is 4. The largest absolute Gasteiger partial charge is 0.445 e. The molecule has 11 heteroatoms. The molecular weight excluding hydrogens is 494 g/mol. The fourth-order valence-corrected chi connectivity index (χ4v) is 5.32. The quantitative estimate of drug-likeness (QED) is 0.180. The molecule has 3 amide bonds. The SMILES string of the molecule is C=CCOC(=O)N1C[C@H](OC(=O)NC)C[C@H]1C=C(C)C(=O)C[C@H]1NC(=O)[C@H]1[C@@H](CO[SiH](C)C)C(C)(C)C. The zero-order valence-corrected chi connectivity index (χ0v) is 24.3. The van der Waals surface area contributed by atoms with E-state index >= 15 is 0 Å². The van der Waals surface area contributed by atoms with Gasteiger partial charge in [-0.1, -0.05) is 39.5 Å². The number of nitrogens with zero attached hydrogens (tertiary/aromatic N) is 1. The lowest BCUT2D eigenvalue weighted by Gasteiger charge is -2.46. The minimum Gasteiger partial charge on any atom is -0.445 e. The van der Waals surface area contributed by atoms with E-state index in [0.29, 0.717) is 18.6 Å². The average molecular weight is 538 g/mol. The second-order valence-electron chi connectivity index (χ2n) is 11.1. The highest BCUT2D eigenvalue weighted by Crippen LogP contribution is 2.39. The monoisotopic (exact) mass is 537 g/mol. The van der Waals surface area contributed by atoms with Crippen LogP contribution < -0.4 is 10.6 Å². The van der Waals surface area contributed by atoms with Crippen molar-refractivity contribution in [1.82, 2.24) is 15.5 Å². The first-order valence-electron chi connectivity index (χ1n) is 12.8. The zero-order valence-electron chi connectivity index (χ0n) is 23.2. The van der Waals surface area contributed by atoms with Gasteiger partial charge >= 0.3 is 12.2 Å².